The maximum Gasteiger partial charge on any atom is 0.416 e. The van der Waals surface area contributed by atoms with Crippen LogP contribution in [0, 0.1) is 5.82 Å². The van der Waals surface area contributed by atoms with Gasteiger partial charge in [-0.15, -0.1) is 0 Å². The van der Waals surface area contributed by atoms with Crippen LogP contribution in [0.5, 0.6) is 0 Å². The number of hydrogen-bond donors (Lipinski definition) is 0. The van der Waals surface area contributed by atoms with Gasteiger partial charge >= 0.3 is 6.18 Å². The summed E-state index contributed by atoms with van der Waals surface area (Å²) in [4.78, 5) is 29.0. The Balaban J connectivity index is 1.55. The van der Waals surface area contributed by atoms with Crippen molar-refractivity contribution in [3.05, 3.63) is 87.0 Å². The maximum atomic E-state index is 13.5. The normalized spacial score (nSPS) is 14.7. The lowest BCUT2D eigenvalue weighted by atomic mass is 10.2. The fourth-order valence-electron chi connectivity index (χ4n) is 3.81. The van der Waals surface area contributed by atoms with E-state index in [0.717, 1.165) is 16.8 Å². The summed E-state index contributed by atoms with van der Waals surface area (Å²) in [6.07, 6.45) is -2.67. The van der Waals surface area contributed by atoms with E-state index in [1.165, 1.54) is 36.5 Å². The lowest BCUT2D eigenvalue weighted by Crippen LogP contribution is -2.36. The Morgan fingerprint density at radius 3 is 2.50 bits per heavy atom. The number of hydrogen-bond acceptors (Lipinski definition) is 4. The number of carbonyl (C=O) groups excluding carboxylic acids is 1. The molecule has 0 saturated carbocycles. The number of rotatable bonds is 3. The van der Waals surface area contributed by atoms with E-state index >= 15 is 0 Å². The topological polar surface area (TPSA) is 58.4 Å². The summed E-state index contributed by atoms with van der Waals surface area (Å²) < 4.78 is 53.4. The Kier molecular flexibility index (Phi) is 6.60. The van der Waals surface area contributed by atoms with Gasteiger partial charge in [-0.25, -0.2) is 4.39 Å². The highest BCUT2D eigenvalue weighted by Crippen LogP contribution is 2.30. The highest BCUT2D eigenvalue weighted by Gasteiger charge is 2.31. The summed E-state index contributed by atoms with van der Waals surface area (Å²) in [6.45, 7) is 1.55. The van der Waals surface area contributed by atoms with Crippen LogP contribution in [0.2, 0.25) is 5.02 Å². The minimum Gasteiger partial charge on any atom is -0.367 e. The monoisotopic (exact) mass is 494 g/mol. The van der Waals surface area contributed by atoms with Gasteiger partial charge in [0.1, 0.15) is 10.8 Å². The van der Waals surface area contributed by atoms with Crippen molar-refractivity contribution in [2.45, 2.75) is 12.6 Å². The van der Waals surface area contributed by atoms with Gasteiger partial charge in [-0.3, -0.25) is 9.59 Å². The Labute approximate surface area is 197 Å². The van der Waals surface area contributed by atoms with Crippen LogP contribution in [-0.4, -0.2) is 46.8 Å². The fraction of sp³-hybridized carbons (Fsp3) is 0.261. The molecular formula is C23H19ClF4N4O2. The molecule has 0 spiro atoms. The molecule has 0 atom stereocenters. The molecule has 11 heteroatoms. The van der Waals surface area contributed by atoms with Crippen LogP contribution in [0.3, 0.4) is 0 Å². The molecule has 4 rings (SSSR count). The molecule has 2 heterocycles. The molecule has 1 fully saturated rings. The summed E-state index contributed by atoms with van der Waals surface area (Å²) in [7, 11) is 0. The summed E-state index contributed by atoms with van der Waals surface area (Å²) >= 11 is 6.32. The van der Waals surface area contributed by atoms with E-state index in [1.807, 2.05) is 0 Å². The van der Waals surface area contributed by atoms with Crippen molar-refractivity contribution in [3.63, 3.8) is 0 Å². The van der Waals surface area contributed by atoms with Gasteiger partial charge in [-0.05, 0) is 42.8 Å². The van der Waals surface area contributed by atoms with E-state index in [0.29, 0.717) is 38.3 Å². The largest absolute Gasteiger partial charge is 0.416 e. The van der Waals surface area contributed by atoms with Crippen LogP contribution >= 0.6 is 11.6 Å². The van der Waals surface area contributed by atoms with E-state index < -0.39 is 23.1 Å². The molecule has 0 bridgehead atoms. The minimum atomic E-state index is -4.57. The van der Waals surface area contributed by atoms with Crippen LogP contribution in [0.15, 0.2) is 59.5 Å². The van der Waals surface area contributed by atoms with Gasteiger partial charge in [0, 0.05) is 31.7 Å². The summed E-state index contributed by atoms with van der Waals surface area (Å²) in [5.41, 5.74) is -1.15. The average Bonchev–Trinajstić information content (AvgIpc) is 3.06. The van der Waals surface area contributed by atoms with Gasteiger partial charge in [0.25, 0.3) is 11.5 Å². The zero-order valence-corrected chi connectivity index (χ0v) is 18.5. The molecule has 1 aromatic heterocycles. The quantitative estimate of drug-likeness (QED) is 0.507. The molecule has 2 aromatic carbocycles. The lowest BCUT2D eigenvalue weighted by molar-refractivity contribution is -0.137. The molecule has 178 valence electrons. The zero-order valence-electron chi connectivity index (χ0n) is 17.7. The molecule has 1 aliphatic heterocycles. The van der Waals surface area contributed by atoms with Crippen molar-refractivity contribution in [1.82, 2.24) is 14.7 Å². The van der Waals surface area contributed by atoms with E-state index in [-0.39, 0.29) is 22.2 Å². The third kappa shape index (κ3) is 4.91. The Morgan fingerprint density at radius 2 is 1.76 bits per heavy atom. The summed E-state index contributed by atoms with van der Waals surface area (Å²) in [6, 6.07) is 9.70. The average molecular weight is 495 g/mol. The van der Waals surface area contributed by atoms with Crippen molar-refractivity contribution in [1.29, 1.82) is 0 Å². The molecule has 34 heavy (non-hydrogen) atoms. The van der Waals surface area contributed by atoms with Gasteiger partial charge in [0.2, 0.25) is 0 Å². The number of benzene rings is 2. The number of anilines is 1. The second-order valence-corrected chi connectivity index (χ2v) is 8.13. The number of amides is 1. The van der Waals surface area contributed by atoms with Crippen LogP contribution in [0.1, 0.15) is 22.3 Å². The first kappa shape index (κ1) is 23.7. The number of halogens is 5. The molecule has 0 N–H and O–H groups in total. The van der Waals surface area contributed by atoms with E-state index in [2.05, 4.69) is 5.10 Å². The minimum absolute atomic E-state index is 0.0593. The van der Waals surface area contributed by atoms with Crippen molar-refractivity contribution >= 4 is 23.2 Å². The first-order valence-electron chi connectivity index (χ1n) is 10.4. The molecule has 0 unspecified atom stereocenters. The Bertz CT molecular complexity index is 1280. The summed E-state index contributed by atoms with van der Waals surface area (Å²) in [5, 5.41) is 3.86. The zero-order chi connectivity index (χ0) is 24.5. The number of carbonyl (C=O) groups is 1. The highest BCUT2D eigenvalue weighted by atomic mass is 35.5. The van der Waals surface area contributed by atoms with Crippen molar-refractivity contribution in [2.75, 3.05) is 31.1 Å². The first-order valence-corrected chi connectivity index (χ1v) is 10.8. The molecule has 0 aliphatic carbocycles. The molecule has 6 nitrogen and oxygen atoms in total. The third-order valence-electron chi connectivity index (χ3n) is 5.51. The molecule has 1 saturated heterocycles. The predicted octanol–water partition coefficient (Wildman–Crippen LogP) is 4.40. The predicted molar refractivity (Wildman–Crippen MR) is 119 cm³/mol. The van der Waals surface area contributed by atoms with Gasteiger partial charge in [0.05, 0.1) is 23.1 Å². The molecule has 0 radical (unpaired) electrons. The van der Waals surface area contributed by atoms with Crippen LogP contribution < -0.4 is 10.5 Å². The maximum absolute atomic E-state index is 13.5. The highest BCUT2D eigenvalue weighted by molar-refractivity contribution is 6.33. The van der Waals surface area contributed by atoms with E-state index in [4.69, 9.17) is 11.6 Å². The second kappa shape index (κ2) is 9.46. The van der Waals surface area contributed by atoms with Crippen molar-refractivity contribution in [3.8, 4) is 5.69 Å². The van der Waals surface area contributed by atoms with E-state index in [1.54, 1.807) is 15.9 Å². The summed E-state index contributed by atoms with van der Waals surface area (Å²) in [5.74, 6) is -0.799. The Morgan fingerprint density at radius 1 is 1.00 bits per heavy atom. The van der Waals surface area contributed by atoms with Crippen LogP contribution in [0.25, 0.3) is 5.69 Å². The second-order valence-electron chi connectivity index (χ2n) is 7.75. The lowest BCUT2D eigenvalue weighted by Gasteiger charge is -2.24. The smallest absolute Gasteiger partial charge is 0.367 e. The Hall–Kier alpha value is -3.40. The number of alkyl halides is 3. The number of aromatic nitrogens is 2. The first-order chi connectivity index (χ1) is 16.1. The molecular weight excluding hydrogens is 476 g/mol. The van der Waals surface area contributed by atoms with Gasteiger partial charge in [0.15, 0.2) is 0 Å². The van der Waals surface area contributed by atoms with Crippen molar-refractivity contribution in [2.24, 2.45) is 0 Å². The number of nitrogens with zero attached hydrogens (tertiary/aromatic N) is 4. The van der Waals surface area contributed by atoms with Crippen LogP contribution in [-0.2, 0) is 6.18 Å². The third-order valence-corrected chi connectivity index (χ3v) is 5.87. The molecule has 1 aliphatic rings. The van der Waals surface area contributed by atoms with Gasteiger partial charge < -0.3 is 9.80 Å². The fourth-order valence-corrected chi connectivity index (χ4v) is 4.06. The van der Waals surface area contributed by atoms with Crippen LogP contribution in [0.4, 0.5) is 23.2 Å². The molecule has 1 amide bonds. The standard InChI is InChI=1S/C23H19ClF4N4O2/c24-20-19(14-29-32(22(20)34)18-7-2-5-16(13-18)23(26,27)28)30-8-3-9-31(11-10-30)21(33)15-4-1-6-17(25)12-15/h1-2,4-7,12-14H,3,8-11H2. The van der Waals surface area contributed by atoms with Gasteiger partial charge in [-0.1, -0.05) is 23.7 Å². The van der Waals surface area contributed by atoms with E-state index in [9.17, 15) is 27.2 Å². The van der Waals surface area contributed by atoms with Gasteiger partial charge in [-0.2, -0.15) is 23.0 Å². The van der Waals surface area contributed by atoms with Crippen molar-refractivity contribution < 1.29 is 22.4 Å². The SMILES string of the molecule is O=C(c1cccc(F)c1)N1CCCN(c2cnn(-c3cccc(C(F)(F)F)c3)c(=O)c2Cl)CC1. The molecule has 3 aromatic rings.